The molecule has 2 fully saturated rings. The molecule has 4 nitrogen and oxygen atoms in total. The highest BCUT2D eigenvalue weighted by Gasteiger charge is 2.70. The highest BCUT2D eigenvalue weighted by atomic mass is 35.5. The van der Waals surface area contributed by atoms with Gasteiger partial charge in [0.15, 0.2) is 0 Å². The second-order valence-corrected chi connectivity index (χ2v) is 18.6. The van der Waals surface area contributed by atoms with E-state index in [4.69, 9.17) is 16.4 Å². The molecule has 0 spiro atoms. The van der Waals surface area contributed by atoms with E-state index in [1.807, 2.05) is 146 Å². The summed E-state index contributed by atoms with van der Waals surface area (Å²) < 4.78 is 32.7. The highest BCUT2D eigenvalue weighted by molar-refractivity contribution is 7.83. The molecule has 0 aromatic heterocycles. The van der Waals surface area contributed by atoms with E-state index >= 15 is 9.13 Å². The summed E-state index contributed by atoms with van der Waals surface area (Å²) in [6, 6.07) is 47.1. The molecule has 0 saturated heterocycles. The Balaban J connectivity index is 1.38. The molecule has 0 unspecified atom stereocenters. The van der Waals surface area contributed by atoms with Crippen LogP contribution < -0.4 is 21.2 Å². The van der Waals surface area contributed by atoms with Gasteiger partial charge < -0.3 is 14.0 Å². The van der Waals surface area contributed by atoms with Gasteiger partial charge in [0.1, 0.15) is 20.4 Å². The lowest BCUT2D eigenvalue weighted by atomic mass is 9.80. The number of oxime groups is 1. The van der Waals surface area contributed by atoms with Crippen LogP contribution in [0.4, 0.5) is 0 Å². The first-order valence-corrected chi connectivity index (χ1v) is 19.4. The molecule has 224 valence electrons. The van der Waals surface area contributed by atoms with E-state index in [1.54, 1.807) is 0 Å². The maximum atomic E-state index is 16.4. The predicted molar refractivity (Wildman–Crippen MR) is 185 cm³/mol. The van der Waals surface area contributed by atoms with Crippen molar-refractivity contribution in [2.45, 2.75) is 23.8 Å². The van der Waals surface area contributed by atoms with Crippen molar-refractivity contribution in [3.8, 4) is 0 Å². The molecular weight excluding hydrogens is 616 g/mol. The van der Waals surface area contributed by atoms with Gasteiger partial charge in [0.05, 0.1) is 5.71 Å². The van der Waals surface area contributed by atoms with Crippen molar-refractivity contribution in [1.29, 1.82) is 0 Å². The first-order valence-electron chi connectivity index (χ1n) is 15.4. The fraction of sp³-hybridized carbons (Fsp3) is 0.184. The van der Waals surface area contributed by atoms with Crippen LogP contribution in [-0.2, 0) is 14.0 Å². The van der Waals surface area contributed by atoms with Crippen molar-refractivity contribution in [3.05, 3.63) is 156 Å². The Hall–Kier alpha value is -3.68. The minimum atomic E-state index is -3.39. The predicted octanol–water partition coefficient (Wildman–Crippen LogP) is 7.47. The molecule has 2 saturated carbocycles. The zero-order valence-electron chi connectivity index (χ0n) is 24.5. The molecule has 5 aromatic carbocycles. The van der Waals surface area contributed by atoms with Crippen LogP contribution in [0.3, 0.4) is 0 Å². The van der Waals surface area contributed by atoms with Gasteiger partial charge in [-0.15, -0.1) is 0 Å². The van der Waals surface area contributed by atoms with E-state index in [9.17, 15) is 0 Å². The summed E-state index contributed by atoms with van der Waals surface area (Å²) in [5.41, 5.74) is 1.01. The maximum absolute atomic E-state index is 16.4. The topological polar surface area (TPSA) is 55.7 Å². The molecule has 3 aliphatic rings. The molecule has 1 heterocycles. The summed E-state index contributed by atoms with van der Waals surface area (Å²) in [4.78, 5) is 6.32. The number of hydrogen-bond donors (Lipinski definition) is 0. The molecule has 0 N–H and O–H groups in total. The molecule has 1 aliphatic heterocycles. The lowest BCUT2D eigenvalue weighted by molar-refractivity contribution is 0.0293. The van der Waals surface area contributed by atoms with Crippen molar-refractivity contribution in [3.63, 3.8) is 0 Å². The van der Waals surface area contributed by atoms with Gasteiger partial charge in [-0.2, -0.15) is 0 Å². The van der Waals surface area contributed by atoms with E-state index in [2.05, 4.69) is 5.16 Å². The van der Waals surface area contributed by atoms with E-state index in [-0.39, 0.29) is 23.9 Å². The fourth-order valence-corrected chi connectivity index (χ4v) is 17.1. The molecule has 45 heavy (non-hydrogen) atoms. The Kier molecular flexibility index (Phi) is 7.22. The van der Waals surface area contributed by atoms with E-state index in [0.29, 0.717) is 5.02 Å². The van der Waals surface area contributed by atoms with Crippen LogP contribution >= 0.6 is 25.9 Å². The molecule has 7 heteroatoms. The standard InChI is InChI=1S/C38H32ClNO3P2/c39-27-23-21-26(22-24-27)35-34-32-25-33(36(34)43-40-35)38(45(42,30-17-9-3-10-18-30)31-19-11-4-12-20-31)37(32)44(41,28-13-5-1-6-14-28)29-15-7-2-8-16-29/h1-24,32-34,36-38H,25H2/t32-,33-,34+,36-,37-,38+/m0/s1. The normalized spacial score (nSPS) is 25.4. The van der Waals surface area contributed by atoms with Crippen LogP contribution in [0.1, 0.15) is 12.0 Å². The van der Waals surface area contributed by atoms with Crippen LogP contribution in [0.2, 0.25) is 5.02 Å². The van der Waals surface area contributed by atoms with Crippen molar-refractivity contribution in [1.82, 2.24) is 0 Å². The summed E-state index contributed by atoms with van der Waals surface area (Å²) in [5.74, 6) is -0.238. The average molecular weight is 648 g/mol. The Labute approximate surface area is 268 Å². The number of benzene rings is 5. The maximum Gasteiger partial charge on any atom is 0.147 e. The number of halogens is 1. The second-order valence-electron chi connectivity index (χ2n) is 12.3. The Morgan fingerprint density at radius 3 is 1.38 bits per heavy atom. The summed E-state index contributed by atoms with van der Waals surface area (Å²) in [5, 5.41) is 8.52. The third-order valence-electron chi connectivity index (χ3n) is 10.1. The average Bonchev–Trinajstić information content (AvgIpc) is 3.82. The van der Waals surface area contributed by atoms with Crippen LogP contribution in [0.15, 0.2) is 151 Å². The Bertz CT molecular complexity index is 1870. The van der Waals surface area contributed by atoms with Crippen molar-refractivity contribution < 1.29 is 14.0 Å². The molecular formula is C38H32ClNO3P2. The van der Waals surface area contributed by atoms with Gasteiger partial charge in [-0.25, -0.2) is 0 Å². The quantitative estimate of drug-likeness (QED) is 0.172. The third kappa shape index (κ3) is 4.45. The number of rotatable bonds is 7. The van der Waals surface area contributed by atoms with E-state index in [1.165, 1.54) is 0 Å². The van der Waals surface area contributed by atoms with Crippen LogP contribution in [0, 0.1) is 17.8 Å². The molecule has 2 aliphatic carbocycles. The van der Waals surface area contributed by atoms with Gasteiger partial charge in [0.2, 0.25) is 0 Å². The summed E-state index contributed by atoms with van der Waals surface area (Å²) >= 11 is 6.26. The first kappa shape index (κ1) is 28.8. The fourth-order valence-electron chi connectivity index (χ4n) is 8.40. The first-order chi connectivity index (χ1) is 22.0. The van der Waals surface area contributed by atoms with Crippen LogP contribution in [0.25, 0.3) is 0 Å². The molecule has 0 amide bonds. The molecule has 0 radical (unpaired) electrons. The molecule has 6 atom stereocenters. The van der Waals surface area contributed by atoms with Crippen LogP contribution in [-0.4, -0.2) is 23.1 Å². The van der Waals surface area contributed by atoms with Crippen LogP contribution in [0.5, 0.6) is 0 Å². The third-order valence-corrected chi connectivity index (χ3v) is 18.0. The van der Waals surface area contributed by atoms with Gasteiger partial charge in [0.25, 0.3) is 0 Å². The summed E-state index contributed by atoms with van der Waals surface area (Å²) in [6.45, 7) is 0. The lowest BCUT2D eigenvalue weighted by Crippen LogP contribution is -2.50. The molecule has 2 bridgehead atoms. The number of fused-ring (bicyclic) bond motifs is 5. The minimum Gasteiger partial charge on any atom is -0.391 e. The summed E-state index contributed by atoms with van der Waals surface area (Å²) in [7, 11) is -6.76. The Morgan fingerprint density at radius 2 is 0.956 bits per heavy atom. The lowest BCUT2D eigenvalue weighted by Gasteiger charge is -2.44. The number of hydrogen-bond acceptors (Lipinski definition) is 4. The van der Waals surface area contributed by atoms with Gasteiger partial charge in [-0.3, -0.25) is 0 Å². The highest BCUT2D eigenvalue weighted by Crippen LogP contribution is 2.73. The van der Waals surface area contributed by atoms with Gasteiger partial charge >= 0.3 is 0 Å². The second kappa shape index (κ2) is 11.3. The smallest absolute Gasteiger partial charge is 0.147 e. The largest absolute Gasteiger partial charge is 0.391 e. The van der Waals surface area contributed by atoms with Crippen molar-refractivity contribution >= 4 is 52.8 Å². The Morgan fingerprint density at radius 1 is 0.556 bits per heavy atom. The molecule has 5 aromatic rings. The zero-order valence-corrected chi connectivity index (χ0v) is 27.0. The summed E-state index contributed by atoms with van der Waals surface area (Å²) in [6.07, 6.45) is 0.521. The van der Waals surface area contributed by atoms with Gasteiger partial charge in [-0.1, -0.05) is 150 Å². The minimum absolute atomic E-state index is 0.0612. The van der Waals surface area contributed by atoms with Gasteiger partial charge in [0, 0.05) is 49.4 Å². The number of nitrogens with zero attached hydrogens (tertiary/aromatic N) is 1. The monoisotopic (exact) mass is 647 g/mol. The SMILES string of the molecule is O=P(c1ccccc1)(c1ccccc1)[C@@H]1[C@H]2C[C@@H]([C@@H]3C(c4ccc(Cl)cc4)=NO[C@@H]23)[C@@H]1P(=O)(c1ccccc1)c1ccccc1. The van der Waals surface area contributed by atoms with E-state index < -0.39 is 25.6 Å². The zero-order chi connectivity index (χ0) is 30.6. The van der Waals surface area contributed by atoms with Gasteiger partial charge in [-0.05, 0) is 30.0 Å². The van der Waals surface area contributed by atoms with E-state index in [0.717, 1.165) is 38.9 Å². The molecule has 8 rings (SSSR count). The van der Waals surface area contributed by atoms with Crippen molar-refractivity contribution in [2.75, 3.05) is 0 Å². The van der Waals surface area contributed by atoms with Crippen molar-refractivity contribution in [2.24, 2.45) is 22.9 Å².